The molecular formula is C14H13Cl2NO4S. The van der Waals surface area contributed by atoms with Gasteiger partial charge in [0.1, 0.15) is 16.4 Å². The molecule has 0 unspecified atom stereocenters. The summed E-state index contributed by atoms with van der Waals surface area (Å²) in [6.07, 6.45) is 0. The van der Waals surface area contributed by atoms with Crippen LogP contribution >= 0.6 is 23.2 Å². The summed E-state index contributed by atoms with van der Waals surface area (Å²) in [5.74, 6) is 0.873. The summed E-state index contributed by atoms with van der Waals surface area (Å²) < 4.78 is 37.5. The van der Waals surface area contributed by atoms with Crippen molar-refractivity contribution < 1.29 is 17.9 Å². The monoisotopic (exact) mass is 361 g/mol. The van der Waals surface area contributed by atoms with E-state index in [9.17, 15) is 8.42 Å². The second kappa shape index (κ2) is 6.64. The van der Waals surface area contributed by atoms with Gasteiger partial charge in [0.2, 0.25) is 0 Å². The molecule has 22 heavy (non-hydrogen) atoms. The zero-order valence-corrected chi connectivity index (χ0v) is 14.1. The Labute approximate surface area is 138 Å². The molecule has 0 saturated carbocycles. The van der Waals surface area contributed by atoms with E-state index in [0.29, 0.717) is 16.5 Å². The molecule has 2 aromatic rings. The van der Waals surface area contributed by atoms with Crippen molar-refractivity contribution in [3.8, 4) is 11.5 Å². The number of hydrogen-bond donors (Lipinski definition) is 1. The Hall–Kier alpha value is -1.63. The fraction of sp³-hybridized carbons (Fsp3) is 0.143. The van der Waals surface area contributed by atoms with E-state index in [0.717, 1.165) is 0 Å². The summed E-state index contributed by atoms with van der Waals surface area (Å²) >= 11 is 11.7. The van der Waals surface area contributed by atoms with Crippen LogP contribution in [0.15, 0.2) is 41.3 Å². The van der Waals surface area contributed by atoms with E-state index in [1.807, 2.05) is 0 Å². The average molecular weight is 362 g/mol. The van der Waals surface area contributed by atoms with Gasteiger partial charge in [-0.15, -0.1) is 0 Å². The van der Waals surface area contributed by atoms with E-state index in [-0.39, 0.29) is 15.6 Å². The van der Waals surface area contributed by atoms with E-state index in [4.69, 9.17) is 32.7 Å². The third-order valence-corrected chi connectivity index (χ3v) is 4.92. The Morgan fingerprint density at radius 1 is 1.00 bits per heavy atom. The summed E-state index contributed by atoms with van der Waals surface area (Å²) in [6, 6.07) is 8.88. The van der Waals surface area contributed by atoms with Gasteiger partial charge < -0.3 is 9.47 Å². The molecule has 0 atom stereocenters. The lowest BCUT2D eigenvalue weighted by molar-refractivity contribution is 0.395. The number of methoxy groups -OCH3 is 2. The van der Waals surface area contributed by atoms with Crippen LogP contribution in [0, 0.1) is 0 Å². The highest BCUT2D eigenvalue weighted by atomic mass is 35.5. The Balaban J connectivity index is 2.40. The number of hydrogen-bond acceptors (Lipinski definition) is 4. The molecule has 0 spiro atoms. The van der Waals surface area contributed by atoms with E-state index in [2.05, 4.69) is 4.72 Å². The molecule has 2 aromatic carbocycles. The minimum Gasteiger partial charge on any atom is -0.497 e. The molecule has 0 amide bonds. The number of nitrogens with one attached hydrogen (secondary N) is 1. The van der Waals surface area contributed by atoms with Crippen molar-refractivity contribution in [2.75, 3.05) is 18.9 Å². The first-order valence-electron chi connectivity index (χ1n) is 6.07. The van der Waals surface area contributed by atoms with Gasteiger partial charge >= 0.3 is 0 Å². The number of anilines is 1. The molecule has 0 aliphatic rings. The van der Waals surface area contributed by atoms with Gasteiger partial charge in [0.15, 0.2) is 0 Å². The molecule has 0 aliphatic heterocycles. The number of benzene rings is 2. The third-order valence-electron chi connectivity index (χ3n) is 2.84. The van der Waals surface area contributed by atoms with Gasteiger partial charge in [0.25, 0.3) is 10.0 Å². The second-order valence-corrected chi connectivity index (χ2v) is 6.74. The Bertz CT molecular complexity index is 793. The van der Waals surface area contributed by atoms with Crippen molar-refractivity contribution in [3.05, 3.63) is 46.4 Å². The minimum atomic E-state index is -3.87. The van der Waals surface area contributed by atoms with Crippen molar-refractivity contribution in [2.45, 2.75) is 4.90 Å². The highest BCUT2D eigenvalue weighted by Gasteiger charge is 2.20. The Kier molecular flexibility index (Phi) is 5.05. The van der Waals surface area contributed by atoms with Crippen LogP contribution in [-0.4, -0.2) is 22.6 Å². The first-order valence-corrected chi connectivity index (χ1v) is 8.31. The summed E-state index contributed by atoms with van der Waals surface area (Å²) in [4.78, 5) is -0.0727. The lowest BCUT2D eigenvalue weighted by atomic mass is 10.3. The van der Waals surface area contributed by atoms with Crippen molar-refractivity contribution in [3.63, 3.8) is 0 Å². The molecule has 0 aliphatic carbocycles. The number of halogens is 2. The fourth-order valence-electron chi connectivity index (χ4n) is 1.78. The summed E-state index contributed by atoms with van der Waals surface area (Å²) in [5, 5.41) is 0.387. The van der Waals surface area contributed by atoms with Crippen LogP contribution < -0.4 is 14.2 Å². The Morgan fingerprint density at radius 2 is 1.73 bits per heavy atom. The third kappa shape index (κ3) is 3.58. The number of rotatable bonds is 5. The standard InChI is InChI=1S/C14H13Cl2NO4S/c1-20-10-4-5-12(13(8-10)21-2)17-22(18,19)14-6-3-9(15)7-11(14)16/h3-8,17H,1-2H3. The molecule has 0 heterocycles. The molecular weight excluding hydrogens is 349 g/mol. The normalized spacial score (nSPS) is 11.1. The van der Waals surface area contributed by atoms with Crippen molar-refractivity contribution in [2.24, 2.45) is 0 Å². The van der Waals surface area contributed by atoms with Gasteiger partial charge in [0, 0.05) is 11.1 Å². The van der Waals surface area contributed by atoms with Crippen molar-refractivity contribution in [1.29, 1.82) is 0 Å². The van der Waals surface area contributed by atoms with Gasteiger partial charge in [-0.2, -0.15) is 0 Å². The molecule has 5 nitrogen and oxygen atoms in total. The lowest BCUT2D eigenvalue weighted by Gasteiger charge is -2.13. The zero-order valence-electron chi connectivity index (χ0n) is 11.8. The van der Waals surface area contributed by atoms with E-state index in [1.54, 1.807) is 18.2 Å². The maximum atomic E-state index is 12.4. The predicted molar refractivity (Wildman–Crippen MR) is 86.8 cm³/mol. The lowest BCUT2D eigenvalue weighted by Crippen LogP contribution is -2.14. The summed E-state index contributed by atoms with van der Waals surface area (Å²) in [7, 11) is -0.936. The fourth-order valence-corrected chi connectivity index (χ4v) is 3.62. The van der Waals surface area contributed by atoms with E-state index >= 15 is 0 Å². The largest absolute Gasteiger partial charge is 0.497 e. The second-order valence-electron chi connectivity index (χ2n) is 4.25. The van der Waals surface area contributed by atoms with E-state index in [1.165, 1.54) is 32.4 Å². The van der Waals surface area contributed by atoms with Gasteiger partial charge in [-0.1, -0.05) is 23.2 Å². The minimum absolute atomic E-state index is 0.0347. The maximum Gasteiger partial charge on any atom is 0.263 e. The quantitative estimate of drug-likeness (QED) is 0.879. The molecule has 1 N–H and O–H groups in total. The van der Waals surface area contributed by atoms with Crippen LogP contribution in [0.5, 0.6) is 11.5 Å². The molecule has 0 fully saturated rings. The molecule has 8 heteroatoms. The van der Waals surface area contributed by atoms with E-state index < -0.39 is 10.0 Å². The van der Waals surface area contributed by atoms with Gasteiger partial charge in [0.05, 0.1) is 24.9 Å². The molecule has 0 aromatic heterocycles. The average Bonchev–Trinajstić information content (AvgIpc) is 2.46. The van der Waals surface area contributed by atoms with Crippen LogP contribution in [-0.2, 0) is 10.0 Å². The van der Waals surface area contributed by atoms with Crippen molar-refractivity contribution >= 4 is 38.9 Å². The molecule has 118 valence electrons. The maximum absolute atomic E-state index is 12.4. The highest BCUT2D eigenvalue weighted by molar-refractivity contribution is 7.92. The van der Waals surface area contributed by atoms with Crippen LogP contribution in [0.3, 0.4) is 0 Å². The molecule has 2 rings (SSSR count). The highest BCUT2D eigenvalue weighted by Crippen LogP contribution is 2.32. The topological polar surface area (TPSA) is 64.6 Å². The van der Waals surface area contributed by atoms with Crippen LogP contribution in [0.25, 0.3) is 0 Å². The molecule has 0 saturated heterocycles. The van der Waals surface area contributed by atoms with Crippen LogP contribution in [0.1, 0.15) is 0 Å². The first kappa shape index (κ1) is 16.7. The smallest absolute Gasteiger partial charge is 0.263 e. The predicted octanol–water partition coefficient (Wildman–Crippen LogP) is 3.81. The summed E-state index contributed by atoms with van der Waals surface area (Å²) in [5.41, 5.74) is 0.273. The van der Waals surface area contributed by atoms with Crippen LogP contribution in [0.2, 0.25) is 10.0 Å². The van der Waals surface area contributed by atoms with Gasteiger partial charge in [-0.05, 0) is 30.3 Å². The molecule has 0 radical (unpaired) electrons. The molecule has 0 bridgehead atoms. The summed E-state index contributed by atoms with van der Waals surface area (Å²) in [6.45, 7) is 0. The zero-order chi connectivity index (χ0) is 16.3. The van der Waals surface area contributed by atoms with Crippen LogP contribution in [0.4, 0.5) is 5.69 Å². The number of sulfonamides is 1. The Morgan fingerprint density at radius 3 is 2.32 bits per heavy atom. The first-order chi connectivity index (χ1) is 10.4. The number of ether oxygens (including phenoxy) is 2. The van der Waals surface area contributed by atoms with Gasteiger partial charge in [-0.3, -0.25) is 4.72 Å². The van der Waals surface area contributed by atoms with Crippen molar-refractivity contribution in [1.82, 2.24) is 0 Å². The SMILES string of the molecule is COc1ccc(NS(=O)(=O)c2ccc(Cl)cc2Cl)c(OC)c1. The van der Waals surface area contributed by atoms with Gasteiger partial charge in [-0.25, -0.2) is 8.42 Å².